The van der Waals surface area contributed by atoms with Gasteiger partial charge in [-0.2, -0.15) is 0 Å². The van der Waals surface area contributed by atoms with Crippen LogP contribution in [0, 0.1) is 6.92 Å². The fraction of sp³-hybridized carbons (Fsp3) is 0.188. The van der Waals surface area contributed by atoms with Gasteiger partial charge in [0.2, 0.25) is 0 Å². The van der Waals surface area contributed by atoms with Crippen molar-refractivity contribution in [3.05, 3.63) is 65.2 Å². The second kappa shape index (κ2) is 4.71. The van der Waals surface area contributed by atoms with E-state index in [0.717, 1.165) is 11.1 Å². The molecule has 3 rings (SSSR count). The summed E-state index contributed by atoms with van der Waals surface area (Å²) in [5.74, 6) is 0. The Hall–Kier alpha value is -2.23. The normalized spacial score (nSPS) is 21.4. The van der Waals surface area contributed by atoms with Gasteiger partial charge in [0.05, 0.1) is 0 Å². The minimum atomic E-state index is -0.606. The highest BCUT2D eigenvalue weighted by atomic mass is 16.5. The lowest BCUT2D eigenvalue weighted by Gasteiger charge is -2.26. The molecule has 0 amide bonds. The summed E-state index contributed by atoms with van der Waals surface area (Å²) in [6.07, 6.45) is 0. The average Bonchev–Trinajstić information content (AvgIpc) is 2.82. The van der Waals surface area contributed by atoms with Gasteiger partial charge in [-0.25, -0.2) is 4.99 Å². The van der Waals surface area contributed by atoms with Crippen LogP contribution in [0.3, 0.4) is 0 Å². The second-order valence-electron chi connectivity index (χ2n) is 5.09. The first-order valence-corrected chi connectivity index (χ1v) is 6.51. The van der Waals surface area contributed by atoms with Crippen LogP contribution in [0.5, 0.6) is 0 Å². The lowest BCUT2D eigenvalue weighted by molar-refractivity contribution is 0.278. The molecule has 1 atom stereocenters. The van der Waals surface area contributed by atoms with Gasteiger partial charge in [-0.1, -0.05) is 59.6 Å². The fourth-order valence-corrected chi connectivity index (χ4v) is 2.59. The second-order valence-corrected chi connectivity index (χ2v) is 5.09. The molecule has 1 unspecified atom stereocenters. The van der Waals surface area contributed by atoms with Crippen molar-refractivity contribution in [3.63, 3.8) is 0 Å². The third kappa shape index (κ3) is 2.07. The highest BCUT2D eigenvalue weighted by Crippen LogP contribution is 2.37. The van der Waals surface area contributed by atoms with Crippen molar-refractivity contribution in [1.82, 2.24) is 0 Å². The Labute approximate surface area is 119 Å². The molecule has 0 fully saturated rings. The van der Waals surface area contributed by atoms with E-state index >= 15 is 0 Å². The number of benzene rings is 2. The Bertz CT molecular complexity index is 636. The van der Waals surface area contributed by atoms with Gasteiger partial charge in [-0.15, -0.1) is 0 Å². The molecule has 3 nitrogen and oxygen atoms in total. The third-order valence-corrected chi connectivity index (χ3v) is 3.59. The number of ether oxygens (including phenoxy) is 1. The van der Waals surface area contributed by atoms with Gasteiger partial charge < -0.3 is 10.5 Å². The summed E-state index contributed by atoms with van der Waals surface area (Å²) in [4.78, 5) is 4.56. The summed E-state index contributed by atoms with van der Waals surface area (Å²) >= 11 is 0. The first-order valence-electron chi connectivity index (χ1n) is 6.51. The topological polar surface area (TPSA) is 47.6 Å². The molecule has 0 spiro atoms. The minimum Gasteiger partial charge on any atom is -0.462 e. The van der Waals surface area contributed by atoms with E-state index in [2.05, 4.69) is 24.0 Å². The predicted octanol–water partition coefficient (Wildman–Crippen LogP) is 1.38. The van der Waals surface area contributed by atoms with Crippen LogP contribution in [0.15, 0.2) is 53.5 Å². The van der Waals surface area contributed by atoms with E-state index in [4.69, 9.17) is 18.3 Å². The Morgan fingerprint density at radius 2 is 1.85 bits per heavy atom. The number of hydrogen-bond acceptors (Lipinski definition) is 3. The van der Waals surface area contributed by atoms with Crippen molar-refractivity contribution in [3.8, 4) is 0 Å². The van der Waals surface area contributed by atoms with Crippen molar-refractivity contribution >= 4 is 19.3 Å². The molecule has 2 aromatic carbocycles. The molecule has 0 saturated heterocycles. The molecule has 0 aliphatic carbocycles. The van der Waals surface area contributed by atoms with E-state index in [9.17, 15) is 0 Å². The highest BCUT2D eigenvalue weighted by molar-refractivity contribution is 6.32. The molecule has 4 heteroatoms. The van der Waals surface area contributed by atoms with E-state index in [-0.39, 0.29) is 6.02 Å². The zero-order valence-corrected chi connectivity index (χ0v) is 11.3. The molecule has 2 aromatic rings. The lowest BCUT2D eigenvalue weighted by atomic mass is 9.81. The standard InChI is InChI=1S/C16H15BN2O/c1-11-4-2-5-12(8-11)16(10-20-15(18)19-16)13-6-3-7-14(17)9-13/h2-9H,10H2,1H3,(H2,18,19). The van der Waals surface area contributed by atoms with Gasteiger partial charge in [0.1, 0.15) is 20.0 Å². The molecule has 0 saturated carbocycles. The summed E-state index contributed by atoms with van der Waals surface area (Å²) in [5, 5.41) is 0. The van der Waals surface area contributed by atoms with Crippen molar-refractivity contribution < 1.29 is 4.74 Å². The van der Waals surface area contributed by atoms with Gasteiger partial charge in [0, 0.05) is 0 Å². The number of aliphatic imine (C=N–C) groups is 1. The van der Waals surface area contributed by atoms with Crippen LogP contribution >= 0.6 is 0 Å². The summed E-state index contributed by atoms with van der Waals surface area (Å²) in [6.45, 7) is 2.45. The van der Waals surface area contributed by atoms with E-state index in [1.807, 2.05) is 36.4 Å². The number of nitrogens with two attached hydrogens (primary N) is 1. The van der Waals surface area contributed by atoms with E-state index in [0.29, 0.717) is 12.1 Å². The highest BCUT2D eigenvalue weighted by Gasteiger charge is 2.39. The third-order valence-electron chi connectivity index (χ3n) is 3.59. The summed E-state index contributed by atoms with van der Waals surface area (Å²) < 4.78 is 5.44. The Morgan fingerprint density at radius 1 is 1.15 bits per heavy atom. The van der Waals surface area contributed by atoms with Gasteiger partial charge >= 0.3 is 0 Å². The van der Waals surface area contributed by atoms with Crippen molar-refractivity contribution in [2.45, 2.75) is 12.5 Å². The smallest absolute Gasteiger partial charge is 0.283 e. The minimum absolute atomic E-state index is 0.217. The fourth-order valence-electron chi connectivity index (χ4n) is 2.59. The molecule has 20 heavy (non-hydrogen) atoms. The largest absolute Gasteiger partial charge is 0.462 e. The molecule has 2 N–H and O–H groups in total. The van der Waals surface area contributed by atoms with Gasteiger partial charge in [-0.05, 0) is 18.1 Å². The zero-order valence-electron chi connectivity index (χ0n) is 11.3. The van der Waals surface area contributed by atoms with E-state index < -0.39 is 5.54 Å². The van der Waals surface area contributed by atoms with Crippen LogP contribution < -0.4 is 11.2 Å². The number of aryl methyl sites for hydroxylation is 1. The number of amidine groups is 1. The SMILES string of the molecule is [B]c1cccc(C2(c3cccc(C)c3)COC(N)=N2)c1. The van der Waals surface area contributed by atoms with Crippen LogP contribution in [0.1, 0.15) is 16.7 Å². The van der Waals surface area contributed by atoms with E-state index in [1.54, 1.807) is 0 Å². The quantitative estimate of drug-likeness (QED) is 0.831. The lowest BCUT2D eigenvalue weighted by Crippen LogP contribution is -2.28. The molecule has 1 heterocycles. The Kier molecular flexibility index (Phi) is 3.01. The average molecular weight is 262 g/mol. The molecule has 1 aliphatic rings. The first kappa shape index (κ1) is 12.8. The summed E-state index contributed by atoms with van der Waals surface area (Å²) in [6, 6.07) is 16.1. The summed E-state index contributed by atoms with van der Waals surface area (Å²) in [5.41, 5.74) is 9.08. The molecule has 0 aromatic heterocycles. The van der Waals surface area contributed by atoms with Gasteiger partial charge in [-0.3, -0.25) is 0 Å². The maximum atomic E-state index is 5.91. The van der Waals surface area contributed by atoms with E-state index in [1.165, 1.54) is 5.56 Å². The summed E-state index contributed by atoms with van der Waals surface area (Å²) in [7, 11) is 5.91. The number of rotatable bonds is 2. The molecule has 1 aliphatic heterocycles. The molecule has 98 valence electrons. The van der Waals surface area contributed by atoms with Crippen molar-refractivity contribution in [1.29, 1.82) is 0 Å². The van der Waals surface area contributed by atoms with Crippen LogP contribution in [-0.2, 0) is 10.3 Å². The van der Waals surface area contributed by atoms with Crippen molar-refractivity contribution in [2.24, 2.45) is 10.7 Å². The van der Waals surface area contributed by atoms with Crippen LogP contribution in [-0.4, -0.2) is 20.5 Å². The van der Waals surface area contributed by atoms with Crippen LogP contribution in [0.4, 0.5) is 0 Å². The first-order chi connectivity index (χ1) is 9.60. The maximum Gasteiger partial charge on any atom is 0.283 e. The van der Waals surface area contributed by atoms with Crippen LogP contribution in [0.2, 0.25) is 0 Å². The van der Waals surface area contributed by atoms with Gasteiger partial charge in [0.15, 0.2) is 0 Å². The van der Waals surface area contributed by atoms with Crippen LogP contribution in [0.25, 0.3) is 0 Å². The molecule has 0 bridgehead atoms. The number of nitrogens with zero attached hydrogens (tertiary/aromatic N) is 1. The maximum absolute atomic E-state index is 5.91. The Morgan fingerprint density at radius 3 is 2.45 bits per heavy atom. The predicted molar refractivity (Wildman–Crippen MR) is 81.4 cm³/mol. The van der Waals surface area contributed by atoms with Gasteiger partial charge in [0.25, 0.3) is 6.02 Å². The Balaban J connectivity index is 2.21. The molecular formula is C16H15BN2O. The number of hydrogen-bond donors (Lipinski definition) is 1. The van der Waals surface area contributed by atoms with Crippen molar-refractivity contribution in [2.75, 3.05) is 6.61 Å². The molecular weight excluding hydrogens is 247 g/mol. The molecule has 2 radical (unpaired) electrons. The zero-order chi connectivity index (χ0) is 14.2. The monoisotopic (exact) mass is 262 g/mol.